The number of ether oxygens (including phenoxy) is 2. The predicted molar refractivity (Wildman–Crippen MR) is 98.3 cm³/mol. The number of rotatable bonds is 8. The molecule has 0 spiro atoms. The molecule has 7 heteroatoms. The number of hydrogen-bond donors (Lipinski definition) is 1. The number of amides is 1. The molecule has 0 atom stereocenters. The number of amidine groups is 1. The lowest BCUT2D eigenvalue weighted by atomic mass is 10.1. The Hall–Kier alpha value is -2.28. The summed E-state index contributed by atoms with van der Waals surface area (Å²) < 4.78 is 11.3. The molecule has 0 saturated carbocycles. The van der Waals surface area contributed by atoms with E-state index < -0.39 is 0 Å². The van der Waals surface area contributed by atoms with Gasteiger partial charge in [-0.3, -0.25) is 4.79 Å². The average molecular weight is 347 g/mol. The van der Waals surface area contributed by atoms with E-state index in [1.807, 2.05) is 18.2 Å². The molecule has 1 heterocycles. The molecule has 24 heavy (non-hydrogen) atoms. The Labute approximate surface area is 146 Å². The summed E-state index contributed by atoms with van der Waals surface area (Å²) in [4.78, 5) is 11.1. The topological polar surface area (TPSA) is 72.3 Å². The van der Waals surface area contributed by atoms with Crippen molar-refractivity contribution in [1.82, 2.24) is 5.32 Å². The van der Waals surface area contributed by atoms with Crippen LogP contribution in [0.1, 0.15) is 24.5 Å². The van der Waals surface area contributed by atoms with Crippen molar-refractivity contribution in [3.63, 3.8) is 0 Å². The molecule has 1 N–H and O–H groups in total. The summed E-state index contributed by atoms with van der Waals surface area (Å²) >= 11 is 1.33. The van der Waals surface area contributed by atoms with E-state index in [0.717, 1.165) is 23.3 Å². The number of nitrogens with one attached hydrogen (secondary N) is 1. The summed E-state index contributed by atoms with van der Waals surface area (Å²) in [6.07, 6.45) is 5.02. The number of allylic oxidation sites excluding steroid dienone is 1. The van der Waals surface area contributed by atoms with Gasteiger partial charge in [0.1, 0.15) is 0 Å². The molecule has 1 aliphatic rings. The SMILES string of the molecule is C=CCc1cc(C=NN=C2NC(=O)CS2)cc(OC)c1OCCC. The maximum absolute atomic E-state index is 11.1. The minimum absolute atomic E-state index is 0.0543. The quantitative estimate of drug-likeness (QED) is 0.446. The van der Waals surface area contributed by atoms with Gasteiger partial charge in [0.05, 0.1) is 25.7 Å². The van der Waals surface area contributed by atoms with Gasteiger partial charge in [-0.2, -0.15) is 5.10 Å². The van der Waals surface area contributed by atoms with Crippen LogP contribution < -0.4 is 14.8 Å². The molecule has 0 radical (unpaired) electrons. The third kappa shape index (κ3) is 4.86. The van der Waals surface area contributed by atoms with Gasteiger partial charge in [-0.1, -0.05) is 24.8 Å². The number of thioether (sulfide) groups is 1. The average Bonchev–Trinajstić information content (AvgIpc) is 2.99. The van der Waals surface area contributed by atoms with E-state index >= 15 is 0 Å². The van der Waals surface area contributed by atoms with Crippen molar-refractivity contribution in [3.8, 4) is 11.5 Å². The van der Waals surface area contributed by atoms with E-state index in [0.29, 0.717) is 29.7 Å². The maximum Gasteiger partial charge on any atom is 0.236 e. The fourth-order valence-electron chi connectivity index (χ4n) is 2.11. The van der Waals surface area contributed by atoms with E-state index in [2.05, 4.69) is 29.0 Å². The number of carbonyl (C=O) groups excluding carboxylic acids is 1. The van der Waals surface area contributed by atoms with Crippen LogP contribution in [-0.4, -0.2) is 36.8 Å². The number of carbonyl (C=O) groups is 1. The summed E-state index contributed by atoms with van der Waals surface area (Å²) in [5.74, 6) is 1.72. The Morgan fingerprint density at radius 2 is 2.29 bits per heavy atom. The fourth-order valence-corrected chi connectivity index (χ4v) is 2.74. The lowest BCUT2D eigenvalue weighted by Crippen LogP contribution is -2.19. The number of benzene rings is 1. The third-order valence-electron chi connectivity index (χ3n) is 3.13. The van der Waals surface area contributed by atoms with Crippen molar-refractivity contribution < 1.29 is 14.3 Å². The molecular weight excluding hydrogens is 326 g/mol. The highest BCUT2D eigenvalue weighted by Gasteiger charge is 2.16. The second kappa shape index (κ2) is 9.12. The van der Waals surface area contributed by atoms with Crippen LogP contribution in [0.25, 0.3) is 0 Å². The molecule has 0 unspecified atom stereocenters. The molecule has 1 saturated heterocycles. The van der Waals surface area contributed by atoms with Crippen LogP contribution in [0, 0.1) is 0 Å². The highest BCUT2D eigenvalue weighted by atomic mass is 32.2. The van der Waals surface area contributed by atoms with Crippen molar-refractivity contribution in [3.05, 3.63) is 35.9 Å². The first-order valence-corrected chi connectivity index (χ1v) is 8.64. The summed E-state index contributed by atoms with van der Waals surface area (Å²) in [6, 6.07) is 3.82. The summed E-state index contributed by atoms with van der Waals surface area (Å²) in [7, 11) is 1.61. The van der Waals surface area contributed by atoms with Gasteiger partial charge >= 0.3 is 0 Å². The van der Waals surface area contributed by atoms with Gasteiger partial charge in [0.15, 0.2) is 16.7 Å². The zero-order chi connectivity index (χ0) is 17.4. The number of hydrogen-bond acceptors (Lipinski definition) is 6. The van der Waals surface area contributed by atoms with Gasteiger partial charge in [0, 0.05) is 5.56 Å². The molecule has 1 aliphatic heterocycles. The third-order valence-corrected chi connectivity index (χ3v) is 3.99. The van der Waals surface area contributed by atoms with E-state index in [1.165, 1.54) is 11.8 Å². The zero-order valence-electron chi connectivity index (χ0n) is 13.9. The van der Waals surface area contributed by atoms with Crippen LogP contribution in [-0.2, 0) is 11.2 Å². The Morgan fingerprint density at radius 3 is 2.92 bits per heavy atom. The van der Waals surface area contributed by atoms with Crippen molar-refractivity contribution in [2.24, 2.45) is 10.2 Å². The van der Waals surface area contributed by atoms with E-state index in [1.54, 1.807) is 13.3 Å². The lowest BCUT2D eigenvalue weighted by Gasteiger charge is -2.15. The lowest BCUT2D eigenvalue weighted by molar-refractivity contribution is -0.116. The van der Waals surface area contributed by atoms with E-state index in [-0.39, 0.29) is 5.91 Å². The summed E-state index contributed by atoms with van der Waals surface area (Å²) in [6.45, 7) is 6.47. The van der Waals surface area contributed by atoms with Gasteiger partial charge in [-0.25, -0.2) is 0 Å². The largest absolute Gasteiger partial charge is 0.493 e. The molecule has 0 aliphatic carbocycles. The molecule has 1 aromatic carbocycles. The molecule has 128 valence electrons. The molecule has 6 nitrogen and oxygen atoms in total. The minimum atomic E-state index is -0.0543. The molecule has 1 aromatic rings. The Balaban J connectivity index is 2.24. The smallest absolute Gasteiger partial charge is 0.236 e. The van der Waals surface area contributed by atoms with Gasteiger partial charge in [-0.15, -0.1) is 11.7 Å². The maximum atomic E-state index is 11.1. The minimum Gasteiger partial charge on any atom is -0.493 e. The molecule has 2 rings (SSSR count). The molecular formula is C17H21N3O3S. The van der Waals surface area contributed by atoms with Crippen molar-refractivity contribution in [2.75, 3.05) is 19.5 Å². The molecule has 1 fully saturated rings. The van der Waals surface area contributed by atoms with Gasteiger partial charge in [0.25, 0.3) is 0 Å². The van der Waals surface area contributed by atoms with Crippen LogP contribution in [0.3, 0.4) is 0 Å². The van der Waals surface area contributed by atoms with Crippen LogP contribution >= 0.6 is 11.8 Å². The predicted octanol–water partition coefficient (Wildman–Crippen LogP) is 2.77. The number of methoxy groups -OCH3 is 1. The standard InChI is InChI=1S/C17H21N3O3S/c1-4-6-13-8-12(9-14(22-3)16(13)23-7-5-2)10-18-20-17-19-15(21)11-24-17/h4,8-10H,1,5-7,11H2,2-3H3,(H,19,20,21). The monoisotopic (exact) mass is 347 g/mol. The highest BCUT2D eigenvalue weighted by Crippen LogP contribution is 2.33. The van der Waals surface area contributed by atoms with Crippen molar-refractivity contribution in [2.45, 2.75) is 19.8 Å². The van der Waals surface area contributed by atoms with Gasteiger partial charge in [0.2, 0.25) is 5.91 Å². The van der Waals surface area contributed by atoms with E-state index in [9.17, 15) is 4.79 Å². The summed E-state index contributed by atoms with van der Waals surface area (Å²) in [5.41, 5.74) is 1.82. The van der Waals surface area contributed by atoms with Crippen molar-refractivity contribution >= 4 is 29.1 Å². The first-order valence-electron chi connectivity index (χ1n) is 7.66. The first-order chi connectivity index (χ1) is 11.7. The Kier molecular flexibility index (Phi) is 6.87. The van der Waals surface area contributed by atoms with E-state index in [4.69, 9.17) is 9.47 Å². The van der Waals surface area contributed by atoms with Crippen LogP contribution in [0.4, 0.5) is 0 Å². The highest BCUT2D eigenvalue weighted by molar-refractivity contribution is 8.15. The Bertz CT molecular complexity index is 671. The van der Waals surface area contributed by atoms with Gasteiger partial charge < -0.3 is 14.8 Å². The molecule has 0 bridgehead atoms. The van der Waals surface area contributed by atoms with Crippen LogP contribution in [0.2, 0.25) is 0 Å². The normalized spacial score (nSPS) is 15.8. The molecule has 0 aromatic heterocycles. The van der Waals surface area contributed by atoms with Gasteiger partial charge in [-0.05, 0) is 30.5 Å². The summed E-state index contributed by atoms with van der Waals surface area (Å²) in [5, 5.41) is 11.2. The molecule has 1 amide bonds. The zero-order valence-corrected chi connectivity index (χ0v) is 14.7. The second-order valence-electron chi connectivity index (χ2n) is 5.04. The second-order valence-corrected chi connectivity index (χ2v) is 6.00. The fraction of sp³-hybridized carbons (Fsp3) is 0.353. The Morgan fingerprint density at radius 1 is 1.46 bits per heavy atom. The number of nitrogens with zero attached hydrogens (tertiary/aromatic N) is 2. The van der Waals surface area contributed by atoms with Crippen LogP contribution in [0.15, 0.2) is 35.0 Å². The van der Waals surface area contributed by atoms with Crippen LogP contribution in [0.5, 0.6) is 11.5 Å². The van der Waals surface area contributed by atoms with Crippen molar-refractivity contribution in [1.29, 1.82) is 0 Å². The first kappa shape index (κ1) is 18.1.